The zero-order chi connectivity index (χ0) is 21.0. The molecule has 10 nitrogen and oxygen atoms in total. The molecule has 154 valence electrons. The number of amidine groups is 1. The summed E-state index contributed by atoms with van der Waals surface area (Å²) in [5.74, 6) is -0.554. The molecule has 0 fully saturated rings. The van der Waals surface area contributed by atoms with E-state index in [4.69, 9.17) is 15.0 Å². The molecule has 0 bridgehead atoms. The predicted molar refractivity (Wildman–Crippen MR) is 104 cm³/mol. The van der Waals surface area contributed by atoms with Gasteiger partial charge < -0.3 is 20.3 Å². The van der Waals surface area contributed by atoms with Gasteiger partial charge in [-0.2, -0.15) is 4.98 Å². The fraction of sp³-hybridized carbons (Fsp3) is 0.444. The van der Waals surface area contributed by atoms with Gasteiger partial charge in [0.1, 0.15) is 16.1 Å². The van der Waals surface area contributed by atoms with E-state index in [2.05, 4.69) is 20.4 Å². The van der Waals surface area contributed by atoms with Crippen LogP contribution in [-0.2, 0) is 26.7 Å². The number of amides is 1. The number of hydrogen-bond acceptors (Lipinski definition) is 9. The van der Waals surface area contributed by atoms with E-state index in [0.29, 0.717) is 17.9 Å². The Kier molecular flexibility index (Phi) is 4.28. The number of aryl methyl sites for hydroxylation is 1. The number of nitrogens with zero attached hydrogens (tertiary/aromatic N) is 3. The lowest BCUT2D eigenvalue weighted by Gasteiger charge is -2.42. The van der Waals surface area contributed by atoms with Crippen molar-refractivity contribution in [3.63, 3.8) is 0 Å². The van der Waals surface area contributed by atoms with E-state index < -0.39 is 26.0 Å². The smallest absolute Gasteiger partial charge is 0.297 e. The van der Waals surface area contributed by atoms with Crippen LogP contribution in [0.4, 0.5) is 5.69 Å². The molecule has 1 atom stereocenters. The fourth-order valence-electron chi connectivity index (χ4n) is 3.46. The third-order valence-electron chi connectivity index (χ3n) is 5.36. The van der Waals surface area contributed by atoms with Gasteiger partial charge in [-0.15, -0.1) is 0 Å². The van der Waals surface area contributed by atoms with Crippen molar-refractivity contribution < 1.29 is 22.5 Å². The summed E-state index contributed by atoms with van der Waals surface area (Å²) in [4.78, 5) is 20.8. The van der Waals surface area contributed by atoms with Crippen molar-refractivity contribution in [3.8, 4) is 0 Å². The average molecular weight is 419 g/mol. The number of benzene rings is 1. The number of nitrogens with two attached hydrogens (primary N) is 1. The molecular weight excluding hydrogens is 398 g/mol. The van der Waals surface area contributed by atoms with E-state index in [-0.39, 0.29) is 29.9 Å². The van der Waals surface area contributed by atoms with Crippen molar-refractivity contribution in [2.24, 2.45) is 10.7 Å². The summed E-state index contributed by atoms with van der Waals surface area (Å²) >= 11 is 0. The number of hydrogen-bond donors (Lipinski definition) is 2. The summed E-state index contributed by atoms with van der Waals surface area (Å²) < 4.78 is 35.1. The van der Waals surface area contributed by atoms with Crippen LogP contribution in [0.2, 0.25) is 0 Å². The zero-order valence-corrected chi connectivity index (χ0v) is 17.0. The first-order chi connectivity index (χ1) is 13.5. The Bertz CT molecular complexity index is 1140. The van der Waals surface area contributed by atoms with Gasteiger partial charge in [-0.1, -0.05) is 11.2 Å². The molecule has 3 heterocycles. The van der Waals surface area contributed by atoms with Crippen molar-refractivity contribution in [2.75, 3.05) is 17.7 Å². The van der Waals surface area contributed by atoms with Crippen LogP contribution in [0.3, 0.4) is 0 Å². The van der Waals surface area contributed by atoms with Gasteiger partial charge >= 0.3 is 0 Å². The zero-order valence-electron chi connectivity index (χ0n) is 16.2. The molecule has 1 spiro atoms. The van der Waals surface area contributed by atoms with E-state index in [1.807, 2.05) is 0 Å². The molecule has 1 aromatic carbocycles. The second-order valence-electron chi connectivity index (χ2n) is 7.75. The van der Waals surface area contributed by atoms with Crippen LogP contribution in [0, 0.1) is 6.92 Å². The number of fused-ring (bicyclic) bond motifs is 2. The molecule has 0 saturated carbocycles. The largest absolute Gasteiger partial charge is 0.386 e. The summed E-state index contributed by atoms with van der Waals surface area (Å²) in [5, 5.41) is 6.29. The SMILES string of the molecule is Cc1nc(C(=O)Nc2ccc3c(c2)C2(COC3)CS(=O)(=O)C(C)(C)C(N)=N2)no1. The van der Waals surface area contributed by atoms with E-state index in [0.717, 1.165) is 5.56 Å². The highest BCUT2D eigenvalue weighted by Crippen LogP contribution is 2.42. The van der Waals surface area contributed by atoms with Gasteiger partial charge in [-0.25, -0.2) is 8.42 Å². The number of ether oxygens (including phenoxy) is 1. The van der Waals surface area contributed by atoms with Gasteiger partial charge in [0.2, 0.25) is 5.89 Å². The van der Waals surface area contributed by atoms with Crippen LogP contribution in [-0.4, -0.2) is 47.4 Å². The molecule has 2 aliphatic rings. The summed E-state index contributed by atoms with van der Waals surface area (Å²) in [6, 6.07) is 5.17. The van der Waals surface area contributed by atoms with Gasteiger partial charge in [0.05, 0.1) is 19.0 Å². The van der Waals surface area contributed by atoms with Crippen LogP contribution in [0.25, 0.3) is 0 Å². The van der Waals surface area contributed by atoms with E-state index in [1.54, 1.807) is 39.0 Å². The maximum Gasteiger partial charge on any atom is 0.297 e. The fourth-order valence-corrected chi connectivity index (χ4v) is 5.12. The lowest BCUT2D eigenvalue weighted by Crippen LogP contribution is -2.57. The van der Waals surface area contributed by atoms with Crippen LogP contribution in [0.1, 0.15) is 41.5 Å². The Hall–Kier alpha value is -2.79. The molecule has 2 aromatic rings. The van der Waals surface area contributed by atoms with Crippen molar-refractivity contribution in [3.05, 3.63) is 41.0 Å². The van der Waals surface area contributed by atoms with Crippen molar-refractivity contribution in [1.29, 1.82) is 0 Å². The third kappa shape index (κ3) is 3.10. The maximum atomic E-state index is 12.9. The molecule has 3 N–H and O–H groups in total. The minimum atomic E-state index is -3.59. The molecule has 1 amide bonds. The number of carbonyl (C=O) groups is 1. The number of rotatable bonds is 2. The highest BCUT2D eigenvalue weighted by atomic mass is 32.2. The van der Waals surface area contributed by atoms with Crippen molar-refractivity contribution in [2.45, 2.75) is 37.7 Å². The summed E-state index contributed by atoms with van der Waals surface area (Å²) in [7, 11) is -3.59. The molecule has 11 heteroatoms. The average Bonchev–Trinajstić information content (AvgIpc) is 3.07. The number of carbonyl (C=O) groups excluding carboxylic acids is 1. The predicted octanol–water partition coefficient (Wildman–Crippen LogP) is 0.920. The second kappa shape index (κ2) is 6.36. The van der Waals surface area contributed by atoms with Crippen LogP contribution in [0.5, 0.6) is 0 Å². The highest BCUT2D eigenvalue weighted by molar-refractivity contribution is 7.93. The Morgan fingerprint density at radius 2 is 2.07 bits per heavy atom. The van der Waals surface area contributed by atoms with Gasteiger partial charge in [0.15, 0.2) is 9.84 Å². The van der Waals surface area contributed by atoms with Crippen LogP contribution >= 0.6 is 0 Å². The Balaban J connectivity index is 1.75. The molecule has 1 aromatic heterocycles. The van der Waals surface area contributed by atoms with Crippen LogP contribution in [0.15, 0.2) is 27.7 Å². The minimum Gasteiger partial charge on any atom is -0.386 e. The first-order valence-electron chi connectivity index (χ1n) is 8.95. The topological polar surface area (TPSA) is 150 Å². The van der Waals surface area contributed by atoms with Gasteiger partial charge in [0, 0.05) is 12.6 Å². The first kappa shape index (κ1) is 19.5. The first-order valence-corrected chi connectivity index (χ1v) is 10.6. The number of aliphatic imine (C=N–C) groups is 1. The van der Waals surface area contributed by atoms with Gasteiger partial charge in [0.25, 0.3) is 11.7 Å². The summed E-state index contributed by atoms with van der Waals surface area (Å²) in [6.07, 6.45) is 0. The molecule has 2 aliphatic heterocycles. The quantitative estimate of drug-likeness (QED) is 0.729. The molecular formula is C18H21N5O5S. The summed E-state index contributed by atoms with van der Waals surface area (Å²) in [6.45, 7) is 5.07. The van der Waals surface area contributed by atoms with E-state index >= 15 is 0 Å². The Morgan fingerprint density at radius 1 is 1.31 bits per heavy atom. The molecule has 0 aliphatic carbocycles. The van der Waals surface area contributed by atoms with E-state index in [1.165, 1.54) is 0 Å². The normalized spacial score (nSPS) is 24.6. The number of sulfone groups is 1. The van der Waals surface area contributed by atoms with Crippen molar-refractivity contribution >= 4 is 27.3 Å². The van der Waals surface area contributed by atoms with Gasteiger partial charge in [-0.3, -0.25) is 9.79 Å². The Morgan fingerprint density at radius 3 is 2.72 bits per heavy atom. The molecule has 4 rings (SSSR count). The van der Waals surface area contributed by atoms with Gasteiger partial charge in [-0.05, 0) is 37.1 Å². The van der Waals surface area contributed by atoms with Crippen LogP contribution < -0.4 is 11.1 Å². The second-order valence-corrected chi connectivity index (χ2v) is 10.3. The van der Waals surface area contributed by atoms with E-state index in [9.17, 15) is 13.2 Å². The molecule has 0 radical (unpaired) electrons. The number of anilines is 1. The van der Waals surface area contributed by atoms with Crippen molar-refractivity contribution in [1.82, 2.24) is 10.1 Å². The standard InChI is InChI=1S/C18H21N5O5S/c1-10-20-14(23-28-10)15(24)21-12-5-4-11-7-27-8-18(13(11)6-12)9-29(25,26)17(2,3)16(19)22-18/h4-6H,7-9H2,1-3H3,(H2,19,22)(H,21,24). The number of nitrogens with one attached hydrogen (secondary N) is 1. The molecule has 29 heavy (non-hydrogen) atoms. The molecule has 1 unspecified atom stereocenters. The maximum absolute atomic E-state index is 12.9. The monoisotopic (exact) mass is 419 g/mol. The lowest BCUT2D eigenvalue weighted by atomic mass is 9.86. The minimum absolute atomic E-state index is 0.0388. The third-order valence-corrected chi connectivity index (χ3v) is 7.98. The Labute approximate surface area is 167 Å². The highest BCUT2D eigenvalue weighted by Gasteiger charge is 2.52. The lowest BCUT2D eigenvalue weighted by molar-refractivity contribution is 0.0610. The molecule has 0 saturated heterocycles. The number of aromatic nitrogens is 2. The summed E-state index contributed by atoms with van der Waals surface area (Å²) in [5.41, 5.74) is 6.81.